The SMILES string of the molecule is COc1ccc(C)cc1NC(=O)[C@H](C)N1CCN(S(=O)(=O)c2ccccc2)CC1. The number of carbonyl (C=O) groups is 1. The largest absolute Gasteiger partial charge is 0.495 e. The van der Waals surface area contributed by atoms with E-state index in [-0.39, 0.29) is 11.9 Å². The number of rotatable bonds is 6. The lowest BCUT2D eigenvalue weighted by molar-refractivity contribution is -0.121. The van der Waals surface area contributed by atoms with Crippen LogP contribution in [0.5, 0.6) is 5.75 Å². The fraction of sp³-hybridized carbons (Fsp3) is 0.381. The molecule has 1 amide bonds. The average molecular weight is 418 g/mol. The van der Waals surface area contributed by atoms with Crippen molar-refractivity contribution in [3.63, 3.8) is 0 Å². The van der Waals surface area contributed by atoms with E-state index in [2.05, 4.69) is 5.32 Å². The molecule has 0 unspecified atom stereocenters. The number of anilines is 1. The lowest BCUT2D eigenvalue weighted by atomic mass is 10.2. The van der Waals surface area contributed by atoms with Gasteiger partial charge in [-0.1, -0.05) is 24.3 Å². The van der Waals surface area contributed by atoms with E-state index in [0.29, 0.717) is 42.5 Å². The quantitative estimate of drug-likeness (QED) is 0.781. The van der Waals surface area contributed by atoms with E-state index in [4.69, 9.17) is 4.74 Å². The summed E-state index contributed by atoms with van der Waals surface area (Å²) in [5, 5.41) is 2.93. The highest BCUT2D eigenvalue weighted by Gasteiger charge is 2.31. The van der Waals surface area contributed by atoms with Crippen molar-refractivity contribution in [2.45, 2.75) is 24.8 Å². The Kier molecular flexibility index (Phi) is 6.56. The zero-order valence-corrected chi connectivity index (χ0v) is 17.8. The smallest absolute Gasteiger partial charge is 0.243 e. The molecule has 0 bridgehead atoms. The van der Waals surface area contributed by atoms with Crippen molar-refractivity contribution in [3.05, 3.63) is 54.1 Å². The van der Waals surface area contributed by atoms with Crippen molar-refractivity contribution in [1.29, 1.82) is 0 Å². The van der Waals surface area contributed by atoms with E-state index < -0.39 is 10.0 Å². The van der Waals surface area contributed by atoms with Crippen molar-refractivity contribution in [2.24, 2.45) is 0 Å². The van der Waals surface area contributed by atoms with Gasteiger partial charge in [-0.2, -0.15) is 4.31 Å². The summed E-state index contributed by atoms with van der Waals surface area (Å²) in [6, 6.07) is 13.7. The first-order chi connectivity index (χ1) is 13.8. The number of amides is 1. The van der Waals surface area contributed by atoms with Gasteiger partial charge in [0.15, 0.2) is 0 Å². The van der Waals surface area contributed by atoms with Gasteiger partial charge in [0, 0.05) is 26.2 Å². The second-order valence-electron chi connectivity index (χ2n) is 7.12. The van der Waals surface area contributed by atoms with Crippen LogP contribution in [0.15, 0.2) is 53.4 Å². The van der Waals surface area contributed by atoms with Crippen LogP contribution in [0.3, 0.4) is 0 Å². The van der Waals surface area contributed by atoms with E-state index in [0.717, 1.165) is 5.56 Å². The lowest BCUT2D eigenvalue weighted by Crippen LogP contribution is -2.53. The van der Waals surface area contributed by atoms with Crippen LogP contribution < -0.4 is 10.1 Å². The second-order valence-corrected chi connectivity index (χ2v) is 9.06. The molecule has 2 aromatic rings. The number of carbonyl (C=O) groups excluding carboxylic acids is 1. The summed E-state index contributed by atoms with van der Waals surface area (Å²) in [6.45, 7) is 5.46. The highest BCUT2D eigenvalue weighted by Crippen LogP contribution is 2.26. The maximum absolute atomic E-state index is 12.8. The molecule has 7 nitrogen and oxygen atoms in total. The van der Waals surface area contributed by atoms with Crippen LogP contribution in [0.4, 0.5) is 5.69 Å². The van der Waals surface area contributed by atoms with Crippen molar-refractivity contribution >= 4 is 21.6 Å². The number of benzene rings is 2. The van der Waals surface area contributed by atoms with E-state index in [1.807, 2.05) is 36.9 Å². The van der Waals surface area contributed by atoms with Crippen LogP contribution in [-0.4, -0.2) is 62.9 Å². The summed E-state index contributed by atoms with van der Waals surface area (Å²) in [4.78, 5) is 15.0. The molecule has 0 saturated carbocycles. The molecule has 1 aliphatic heterocycles. The summed E-state index contributed by atoms with van der Waals surface area (Å²) in [5.74, 6) is 0.461. The topological polar surface area (TPSA) is 79.0 Å². The number of hydrogen-bond donors (Lipinski definition) is 1. The highest BCUT2D eigenvalue weighted by molar-refractivity contribution is 7.89. The normalized spacial score (nSPS) is 16.9. The van der Waals surface area contributed by atoms with Crippen LogP contribution in [0.25, 0.3) is 0 Å². The third kappa shape index (κ3) is 4.77. The number of aryl methyl sites for hydroxylation is 1. The van der Waals surface area contributed by atoms with Gasteiger partial charge in [0.25, 0.3) is 0 Å². The molecule has 8 heteroatoms. The first-order valence-electron chi connectivity index (χ1n) is 9.57. The monoisotopic (exact) mass is 417 g/mol. The Balaban J connectivity index is 1.62. The van der Waals surface area contributed by atoms with Crippen LogP contribution in [-0.2, 0) is 14.8 Å². The first-order valence-corrected chi connectivity index (χ1v) is 11.0. The zero-order chi connectivity index (χ0) is 21.0. The van der Waals surface area contributed by atoms with Crippen molar-refractivity contribution in [3.8, 4) is 5.75 Å². The highest BCUT2D eigenvalue weighted by atomic mass is 32.2. The van der Waals surface area contributed by atoms with Gasteiger partial charge < -0.3 is 10.1 Å². The van der Waals surface area contributed by atoms with Crippen molar-refractivity contribution < 1.29 is 17.9 Å². The second kappa shape index (κ2) is 8.94. The third-order valence-corrected chi connectivity index (χ3v) is 7.11. The summed E-state index contributed by atoms with van der Waals surface area (Å²) in [5.41, 5.74) is 1.66. The molecule has 156 valence electrons. The maximum atomic E-state index is 12.8. The molecule has 1 fully saturated rings. The summed E-state index contributed by atoms with van der Waals surface area (Å²) >= 11 is 0. The number of methoxy groups -OCH3 is 1. The van der Waals surface area contributed by atoms with E-state index >= 15 is 0 Å². The molecule has 0 radical (unpaired) electrons. The molecule has 29 heavy (non-hydrogen) atoms. The van der Waals surface area contributed by atoms with Gasteiger partial charge in [0.05, 0.1) is 23.7 Å². The number of nitrogens with one attached hydrogen (secondary N) is 1. The average Bonchev–Trinajstić information content (AvgIpc) is 2.74. The molecule has 1 N–H and O–H groups in total. The molecular weight excluding hydrogens is 390 g/mol. The molecule has 1 heterocycles. The molecule has 1 saturated heterocycles. The van der Waals surface area contributed by atoms with E-state index in [9.17, 15) is 13.2 Å². The standard InChI is InChI=1S/C21H27N3O4S/c1-16-9-10-20(28-3)19(15-16)22-21(25)17(2)23-11-13-24(14-12-23)29(26,27)18-7-5-4-6-8-18/h4-10,15,17H,11-14H2,1-3H3,(H,22,25)/t17-/m0/s1. The van der Waals surface area contributed by atoms with Crippen LogP contribution >= 0.6 is 0 Å². The minimum absolute atomic E-state index is 0.145. The van der Waals surface area contributed by atoms with Gasteiger partial charge in [-0.3, -0.25) is 9.69 Å². The Morgan fingerprint density at radius 2 is 1.72 bits per heavy atom. The van der Waals surface area contributed by atoms with Gasteiger partial charge in [0.1, 0.15) is 5.75 Å². The van der Waals surface area contributed by atoms with Gasteiger partial charge in [-0.15, -0.1) is 0 Å². The number of hydrogen-bond acceptors (Lipinski definition) is 5. The molecule has 0 aromatic heterocycles. The van der Waals surface area contributed by atoms with E-state index in [1.165, 1.54) is 4.31 Å². The van der Waals surface area contributed by atoms with E-state index in [1.54, 1.807) is 37.4 Å². The third-order valence-electron chi connectivity index (χ3n) is 5.19. The zero-order valence-electron chi connectivity index (χ0n) is 17.0. The molecular formula is C21H27N3O4S. The minimum atomic E-state index is -3.50. The van der Waals surface area contributed by atoms with Crippen LogP contribution in [0.1, 0.15) is 12.5 Å². The molecule has 0 aliphatic carbocycles. The number of nitrogens with zero attached hydrogens (tertiary/aromatic N) is 2. The number of ether oxygens (including phenoxy) is 1. The summed E-state index contributed by atoms with van der Waals surface area (Å²) < 4.78 is 32.3. The Hall–Kier alpha value is -2.42. The Labute approximate surface area is 172 Å². The van der Waals surface area contributed by atoms with Crippen LogP contribution in [0, 0.1) is 6.92 Å². The van der Waals surface area contributed by atoms with Gasteiger partial charge in [-0.25, -0.2) is 8.42 Å². The molecule has 1 atom stereocenters. The number of piperazine rings is 1. The van der Waals surface area contributed by atoms with Crippen molar-refractivity contribution in [2.75, 3.05) is 38.6 Å². The fourth-order valence-electron chi connectivity index (χ4n) is 3.40. The number of sulfonamides is 1. The predicted molar refractivity (Wildman–Crippen MR) is 113 cm³/mol. The maximum Gasteiger partial charge on any atom is 0.243 e. The molecule has 0 spiro atoms. The lowest BCUT2D eigenvalue weighted by Gasteiger charge is -2.36. The summed E-state index contributed by atoms with van der Waals surface area (Å²) in [7, 11) is -1.94. The predicted octanol–water partition coefficient (Wildman–Crippen LogP) is 2.34. The minimum Gasteiger partial charge on any atom is -0.495 e. The Morgan fingerprint density at radius 1 is 1.07 bits per heavy atom. The van der Waals surface area contributed by atoms with Gasteiger partial charge in [0.2, 0.25) is 15.9 Å². The van der Waals surface area contributed by atoms with Crippen molar-refractivity contribution in [1.82, 2.24) is 9.21 Å². The molecule has 3 rings (SSSR count). The Bertz CT molecular complexity index is 955. The first kappa shape index (κ1) is 21.3. The molecule has 1 aliphatic rings. The fourth-order valence-corrected chi connectivity index (χ4v) is 4.84. The molecule has 2 aromatic carbocycles. The van der Waals surface area contributed by atoms with Crippen LogP contribution in [0.2, 0.25) is 0 Å². The van der Waals surface area contributed by atoms with Gasteiger partial charge in [-0.05, 0) is 43.7 Å². The Morgan fingerprint density at radius 3 is 2.34 bits per heavy atom. The summed E-state index contributed by atoms with van der Waals surface area (Å²) in [6.07, 6.45) is 0. The van der Waals surface area contributed by atoms with Gasteiger partial charge >= 0.3 is 0 Å².